The van der Waals surface area contributed by atoms with Gasteiger partial charge in [0, 0.05) is 32.1 Å². The van der Waals surface area contributed by atoms with Crippen molar-refractivity contribution in [1.82, 2.24) is 15.5 Å². The summed E-state index contributed by atoms with van der Waals surface area (Å²) >= 11 is 0. The quantitative estimate of drug-likeness (QED) is 0.583. The van der Waals surface area contributed by atoms with Crippen LogP contribution in [0.25, 0.3) is 0 Å². The molecule has 1 amide bonds. The molecule has 2 N–H and O–H groups in total. The molecule has 0 radical (unpaired) electrons. The van der Waals surface area contributed by atoms with Crippen molar-refractivity contribution in [2.45, 2.75) is 58.1 Å². The number of carbonyl (C=O) groups is 1. The van der Waals surface area contributed by atoms with Crippen LogP contribution in [0.4, 0.5) is 0 Å². The summed E-state index contributed by atoms with van der Waals surface area (Å²) in [4.78, 5) is 19.0. The van der Waals surface area contributed by atoms with Crippen LogP contribution in [0.5, 0.6) is 5.75 Å². The number of hydrogen-bond acceptors (Lipinski definition) is 3. The van der Waals surface area contributed by atoms with Gasteiger partial charge in [0.05, 0.1) is 6.54 Å². The highest BCUT2D eigenvalue weighted by atomic mass is 16.5. The van der Waals surface area contributed by atoms with Crippen LogP contribution in [-0.2, 0) is 4.79 Å². The molecular formula is C22H34N4O2. The van der Waals surface area contributed by atoms with Crippen LogP contribution in [0.15, 0.2) is 29.3 Å². The minimum absolute atomic E-state index is 0.0188. The fourth-order valence-electron chi connectivity index (χ4n) is 4.03. The normalized spacial score (nSPS) is 21.6. The van der Waals surface area contributed by atoms with Crippen molar-refractivity contribution in [3.63, 3.8) is 0 Å². The highest BCUT2D eigenvalue weighted by Crippen LogP contribution is 2.27. The van der Waals surface area contributed by atoms with Gasteiger partial charge in [-0.25, -0.2) is 0 Å². The van der Waals surface area contributed by atoms with Crippen molar-refractivity contribution in [3.05, 3.63) is 29.8 Å². The van der Waals surface area contributed by atoms with Crippen molar-refractivity contribution < 1.29 is 9.53 Å². The maximum absolute atomic E-state index is 12.6. The fourth-order valence-corrected chi connectivity index (χ4v) is 4.03. The van der Waals surface area contributed by atoms with Gasteiger partial charge in [0.2, 0.25) is 5.91 Å². The second kappa shape index (κ2) is 9.80. The Bertz CT molecular complexity index is 668. The van der Waals surface area contributed by atoms with E-state index in [4.69, 9.17) is 4.74 Å². The van der Waals surface area contributed by atoms with Crippen molar-refractivity contribution in [2.24, 2.45) is 10.9 Å². The molecule has 2 aliphatic rings. The van der Waals surface area contributed by atoms with Crippen molar-refractivity contribution in [2.75, 3.05) is 26.7 Å². The van der Waals surface area contributed by atoms with Gasteiger partial charge in [-0.3, -0.25) is 9.79 Å². The molecule has 28 heavy (non-hydrogen) atoms. The van der Waals surface area contributed by atoms with Gasteiger partial charge in [0.15, 0.2) is 5.96 Å². The van der Waals surface area contributed by atoms with Gasteiger partial charge in [-0.1, -0.05) is 30.5 Å². The number of carbonyl (C=O) groups excluding carboxylic acids is 1. The summed E-state index contributed by atoms with van der Waals surface area (Å²) in [6.07, 6.45) is 5.52. The number of amides is 1. The molecule has 0 bridgehead atoms. The van der Waals surface area contributed by atoms with Crippen molar-refractivity contribution in [1.29, 1.82) is 0 Å². The van der Waals surface area contributed by atoms with Gasteiger partial charge in [-0.15, -0.1) is 0 Å². The third-order valence-corrected chi connectivity index (χ3v) is 5.68. The van der Waals surface area contributed by atoms with Crippen molar-refractivity contribution in [3.8, 4) is 5.75 Å². The molecule has 0 spiro atoms. The molecule has 1 aliphatic heterocycles. The van der Waals surface area contributed by atoms with Gasteiger partial charge in [0.25, 0.3) is 0 Å². The number of aryl methyl sites for hydroxylation is 1. The average Bonchev–Trinajstić information content (AvgIpc) is 3.38. The predicted octanol–water partition coefficient (Wildman–Crippen LogP) is 2.72. The number of guanidine groups is 1. The smallest absolute Gasteiger partial charge is 0.225 e. The van der Waals surface area contributed by atoms with E-state index in [0.717, 1.165) is 44.1 Å². The lowest BCUT2D eigenvalue weighted by Crippen LogP contribution is -2.47. The minimum atomic E-state index is 0.0188. The van der Waals surface area contributed by atoms with Gasteiger partial charge < -0.3 is 20.3 Å². The van der Waals surface area contributed by atoms with Crippen LogP contribution < -0.4 is 15.4 Å². The molecule has 1 saturated heterocycles. The highest BCUT2D eigenvalue weighted by molar-refractivity contribution is 5.81. The summed E-state index contributed by atoms with van der Waals surface area (Å²) in [5.41, 5.74) is 1.22. The summed E-state index contributed by atoms with van der Waals surface area (Å²) in [6.45, 7) is 6.38. The lowest BCUT2D eigenvalue weighted by molar-refractivity contribution is -0.134. The van der Waals surface area contributed by atoms with E-state index >= 15 is 0 Å². The summed E-state index contributed by atoms with van der Waals surface area (Å²) in [7, 11) is 1.78. The molecule has 6 heteroatoms. The maximum Gasteiger partial charge on any atom is 0.225 e. The summed E-state index contributed by atoms with van der Waals surface area (Å²) in [6, 6.07) is 8.34. The van der Waals surface area contributed by atoms with E-state index < -0.39 is 0 Å². The zero-order valence-corrected chi connectivity index (χ0v) is 17.4. The second-order valence-corrected chi connectivity index (χ2v) is 8.09. The number of hydrogen-bond donors (Lipinski definition) is 2. The average molecular weight is 387 g/mol. The Labute approximate surface area is 168 Å². The van der Waals surface area contributed by atoms with Crippen LogP contribution in [0.3, 0.4) is 0 Å². The van der Waals surface area contributed by atoms with Crippen LogP contribution >= 0.6 is 0 Å². The number of rotatable bonds is 6. The van der Waals surface area contributed by atoms with Crippen LogP contribution in [0.1, 0.15) is 44.6 Å². The second-order valence-electron chi connectivity index (χ2n) is 8.09. The molecule has 0 aromatic heterocycles. The predicted molar refractivity (Wildman–Crippen MR) is 113 cm³/mol. The van der Waals surface area contributed by atoms with Gasteiger partial charge in [-0.2, -0.15) is 0 Å². The van der Waals surface area contributed by atoms with Gasteiger partial charge in [0.1, 0.15) is 11.9 Å². The Morgan fingerprint density at radius 1 is 1.25 bits per heavy atom. The standard InChI is InChI=1S/C22H34N4O2/c1-16-8-10-20(11-9-16)28-17(2)14-24-22(23-3)25-19-12-13-26(15-19)21(27)18-6-4-5-7-18/h8-11,17-19H,4-7,12-15H2,1-3H3,(H2,23,24,25). The highest BCUT2D eigenvalue weighted by Gasteiger charge is 2.32. The largest absolute Gasteiger partial charge is 0.489 e. The fraction of sp³-hybridized carbons (Fsp3) is 0.636. The Morgan fingerprint density at radius 3 is 2.64 bits per heavy atom. The minimum Gasteiger partial charge on any atom is -0.489 e. The summed E-state index contributed by atoms with van der Waals surface area (Å²) in [5, 5.41) is 6.79. The molecule has 2 atom stereocenters. The Hall–Kier alpha value is -2.24. The first-order valence-electron chi connectivity index (χ1n) is 10.5. The van der Waals surface area contributed by atoms with E-state index in [1.165, 1.54) is 18.4 Å². The van der Waals surface area contributed by atoms with Gasteiger partial charge in [-0.05, 0) is 45.2 Å². The molecule has 154 valence electrons. The van der Waals surface area contributed by atoms with Gasteiger partial charge >= 0.3 is 0 Å². The van der Waals surface area contributed by atoms with E-state index in [0.29, 0.717) is 12.5 Å². The Balaban J connectivity index is 1.40. The molecule has 1 aliphatic carbocycles. The van der Waals surface area contributed by atoms with Crippen LogP contribution in [0, 0.1) is 12.8 Å². The zero-order chi connectivity index (χ0) is 19.9. The molecule has 3 rings (SSSR count). The van der Waals surface area contributed by atoms with E-state index in [9.17, 15) is 4.79 Å². The van der Waals surface area contributed by atoms with E-state index in [1.54, 1.807) is 7.05 Å². The summed E-state index contributed by atoms with van der Waals surface area (Å²) in [5.74, 6) is 2.25. The first kappa shape index (κ1) is 20.5. The van der Waals surface area contributed by atoms with Crippen LogP contribution in [0.2, 0.25) is 0 Å². The maximum atomic E-state index is 12.6. The molecule has 1 heterocycles. The lowest BCUT2D eigenvalue weighted by Gasteiger charge is -2.22. The topological polar surface area (TPSA) is 66.0 Å². The first-order valence-corrected chi connectivity index (χ1v) is 10.5. The van der Waals surface area contributed by atoms with Crippen molar-refractivity contribution >= 4 is 11.9 Å². The molecule has 2 unspecified atom stereocenters. The molecule has 1 saturated carbocycles. The number of nitrogens with one attached hydrogen (secondary N) is 2. The van der Waals surface area contributed by atoms with Crippen LogP contribution in [-0.4, -0.2) is 55.6 Å². The third kappa shape index (κ3) is 5.63. The SMILES string of the molecule is CN=C(NCC(C)Oc1ccc(C)cc1)NC1CCN(C(=O)C2CCCC2)C1. The van der Waals surface area contributed by atoms with E-state index in [2.05, 4.69) is 34.7 Å². The van der Waals surface area contributed by atoms with E-state index in [1.807, 2.05) is 24.0 Å². The molecule has 2 fully saturated rings. The molecular weight excluding hydrogens is 352 g/mol. The first-order chi connectivity index (χ1) is 13.5. The number of nitrogens with zero attached hydrogens (tertiary/aromatic N) is 2. The Morgan fingerprint density at radius 2 is 1.96 bits per heavy atom. The Kier molecular flexibility index (Phi) is 7.18. The number of ether oxygens (including phenoxy) is 1. The number of likely N-dealkylation sites (tertiary alicyclic amines) is 1. The molecule has 1 aromatic carbocycles. The number of aliphatic imine (C=N–C) groups is 1. The summed E-state index contributed by atoms with van der Waals surface area (Å²) < 4.78 is 5.94. The lowest BCUT2D eigenvalue weighted by atomic mass is 10.1. The monoisotopic (exact) mass is 386 g/mol. The molecule has 6 nitrogen and oxygen atoms in total. The zero-order valence-electron chi connectivity index (χ0n) is 17.4. The third-order valence-electron chi connectivity index (χ3n) is 5.68. The molecule has 1 aromatic rings. The number of benzene rings is 1. The van der Waals surface area contributed by atoms with E-state index in [-0.39, 0.29) is 18.1 Å².